The van der Waals surface area contributed by atoms with Crippen molar-refractivity contribution in [2.75, 3.05) is 45.9 Å². The van der Waals surface area contributed by atoms with Crippen LogP contribution in [0.5, 0.6) is 11.5 Å². The molecule has 2 fully saturated rings. The summed E-state index contributed by atoms with van der Waals surface area (Å²) in [6, 6.07) is 18.3. The maximum absolute atomic E-state index is 14.6. The number of piperazine rings is 1. The van der Waals surface area contributed by atoms with Gasteiger partial charge in [0.25, 0.3) is 5.91 Å². The van der Waals surface area contributed by atoms with E-state index in [1.807, 2.05) is 76.7 Å². The second-order valence-electron chi connectivity index (χ2n) is 19.4. The number of hydrogen-bond donors (Lipinski definition) is 1. The van der Waals surface area contributed by atoms with Gasteiger partial charge in [0.15, 0.2) is 6.61 Å². The van der Waals surface area contributed by atoms with Gasteiger partial charge in [-0.3, -0.25) is 38.4 Å². The SMILES string of the molecule is Cc1nn(C)c(C)c1-c1c(Cl)ccc2c(CCCOc3cccc4cc(F)ccc34)c(C(=O)OC(C)(C)C)n(CCN3CCN(C(=O)COc4ccc5c(c4)n(C)c(=O)n5C4CCC(=O)NC4=O)CC3)c12. The van der Waals surface area contributed by atoms with E-state index in [9.17, 15) is 28.4 Å². The minimum absolute atomic E-state index is 0.137. The van der Waals surface area contributed by atoms with E-state index in [1.54, 1.807) is 36.2 Å². The molecule has 3 aromatic heterocycles. The highest BCUT2D eigenvalue weighted by atomic mass is 35.5. The predicted octanol–water partition coefficient (Wildman–Crippen LogP) is 7.43. The Morgan fingerprint density at radius 3 is 2.37 bits per heavy atom. The molecule has 4 aromatic carbocycles. The Balaban J connectivity index is 0.938. The Morgan fingerprint density at radius 2 is 1.65 bits per heavy atom. The van der Waals surface area contributed by atoms with Gasteiger partial charge in [0.2, 0.25) is 11.8 Å². The van der Waals surface area contributed by atoms with E-state index in [1.165, 1.54) is 21.3 Å². The molecule has 0 saturated carbocycles. The van der Waals surface area contributed by atoms with Crippen molar-refractivity contribution in [2.45, 2.75) is 78.5 Å². The van der Waals surface area contributed by atoms with Crippen molar-refractivity contribution in [3.63, 3.8) is 0 Å². The van der Waals surface area contributed by atoms with Crippen LogP contribution in [0.15, 0.2) is 71.5 Å². The highest BCUT2D eigenvalue weighted by Gasteiger charge is 2.33. The van der Waals surface area contributed by atoms with Crippen LogP contribution >= 0.6 is 11.6 Å². The Labute approximate surface area is 414 Å². The van der Waals surface area contributed by atoms with Gasteiger partial charge < -0.3 is 23.7 Å². The number of esters is 1. The summed E-state index contributed by atoms with van der Waals surface area (Å²) in [5, 5.41) is 10.0. The Morgan fingerprint density at radius 1 is 0.887 bits per heavy atom. The minimum Gasteiger partial charge on any atom is -0.493 e. The van der Waals surface area contributed by atoms with Crippen LogP contribution in [0.2, 0.25) is 5.02 Å². The molecule has 372 valence electrons. The number of nitrogens with zero attached hydrogens (tertiary/aromatic N) is 7. The molecule has 16 nitrogen and oxygen atoms in total. The fourth-order valence-corrected chi connectivity index (χ4v) is 10.3. The number of hydrogen-bond acceptors (Lipinski definition) is 10. The average molecular weight is 990 g/mol. The van der Waals surface area contributed by atoms with Crippen LogP contribution in [-0.2, 0) is 46.2 Å². The highest BCUT2D eigenvalue weighted by Crippen LogP contribution is 2.43. The number of fused-ring (bicyclic) bond motifs is 3. The molecule has 2 aliphatic heterocycles. The first-order chi connectivity index (χ1) is 33.9. The lowest BCUT2D eigenvalue weighted by molar-refractivity contribution is -0.136. The summed E-state index contributed by atoms with van der Waals surface area (Å²) in [7, 11) is 3.50. The maximum Gasteiger partial charge on any atom is 0.355 e. The molecule has 7 aromatic rings. The second-order valence-corrected chi connectivity index (χ2v) is 19.8. The van der Waals surface area contributed by atoms with Crippen LogP contribution < -0.4 is 20.5 Å². The molecule has 1 atom stereocenters. The van der Waals surface area contributed by atoms with Crippen LogP contribution in [-0.4, -0.2) is 109 Å². The first-order valence-electron chi connectivity index (χ1n) is 23.9. The average Bonchev–Trinajstić information content (AvgIpc) is 3.88. The number of nitrogens with one attached hydrogen (secondary N) is 1. The summed E-state index contributed by atoms with van der Waals surface area (Å²) in [4.78, 5) is 69.9. The van der Waals surface area contributed by atoms with Gasteiger partial charge in [0.1, 0.15) is 34.7 Å². The number of imide groups is 1. The number of halogens is 2. The number of aryl methyl sites for hydroxylation is 4. The van der Waals surface area contributed by atoms with E-state index in [-0.39, 0.29) is 37.1 Å². The monoisotopic (exact) mass is 988 g/mol. The first kappa shape index (κ1) is 49.0. The van der Waals surface area contributed by atoms with Crippen LogP contribution in [0.1, 0.15) is 73.5 Å². The third kappa shape index (κ3) is 9.76. The summed E-state index contributed by atoms with van der Waals surface area (Å²) < 4.78 is 39.2. The van der Waals surface area contributed by atoms with Crippen LogP contribution in [0, 0.1) is 19.7 Å². The smallest absolute Gasteiger partial charge is 0.355 e. The van der Waals surface area contributed by atoms with Gasteiger partial charge in [-0.15, -0.1) is 0 Å². The number of ether oxygens (including phenoxy) is 3. The van der Waals surface area contributed by atoms with Crippen LogP contribution in [0.4, 0.5) is 4.39 Å². The van der Waals surface area contributed by atoms with Gasteiger partial charge in [-0.2, -0.15) is 5.10 Å². The van der Waals surface area contributed by atoms with Gasteiger partial charge in [-0.05, 0) is 107 Å². The quantitative estimate of drug-likeness (QED) is 0.0659. The minimum atomic E-state index is -0.812. The largest absolute Gasteiger partial charge is 0.493 e. The zero-order valence-corrected chi connectivity index (χ0v) is 41.8. The molecule has 9 rings (SSSR count). The molecule has 5 heterocycles. The maximum atomic E-state index is 14.6. The summed E-state index contributed by atoms with van der Waals surface area (Å²) in [5.74, 6) is -0.794. The fraction of sp³-hybridized carbons (Fsp3) is 0.396. The standard InChI is InChI=1S/C53H58ClFN8O8/c1-31-46(32(2)59(7)57-31)47-39(54)17-16-38-37(11-9-27-69-43-12-8-10-33-28-34(55)13-15-36(33)43)49(51(67)71-53(3,4)5)62(48(38)47)26-23-60-21-24-61(25-22-60)45(65)30-70-35-14-18-40-42(29-35)58(6)52(68)63(40)41-19-20-44(64)56-50(41)66/h8,10,12-18,28-29,41H,9,11,19-27,30H2,1-7H3,(H,56,64,66). The highest BCUT2D eigenvalue weighted by molar-refractivity contribution is 6.35. The third-order valence-electron chi connectivity index (χ3n) is 13.6. The Bertz CT molecular complexity index is 3320. The topological polar surface area (TPSA) is 164 Å². The second kappa shape index (κ2) is 19.7. The third-order valence-corrected chi connectivity index (χ3v) is 13.9. The lowest BCUT2D eigenvalue weighted by Gasteiger charge is -2.35. The van der Waals surface area contributed by atoms with E-state index in [0.717, 1.165) is 49.8 Å². The molecular formula is C53H58ClFN8O8. The lowest BCUT2D eigenvalue weighted by Crippen LogP contribution is -2.50. The summed E-state index contributed by atoms with van der Waals surface area (Å²) in [6.07, 6.45) is 1.39. The normalized spacial score (nSPS) is 15.8. The van der Waals surface area contributed by atoms with Gasteiger partial charge >= 0.3 is 11.7 Å². The number of carbonyl (C=O) groups is 4. The molecule has 0 spiro atoms. The van der Waals surface area contributed by atoms with Crippen molar-refractivity contribution in [2.24, 2.45) is 14.1 Å². The summed E-state index contributed by atoms with van der Waals surface area (Å²) >= 11 is 7.19. The molecule has 3 amide bonds. The van der Waals surface area contributed by atoms with E-state index in [0.29, 0.717) is 92.0 Å². The van der Waals surface area contributed by atoms with Gasteiger partial charge in [-0.25, -0.2) is 14.0 Å². The number of rotatable bonds is 14. The zero-order chi connectivity index (χ0) is 50.5. The van der Waals surface area contributed by atoms with Crippen molar-refractivity contribution >= 4 is 68.0 Å². The number of amides is 3. The fourth-order valence-electron chi connectivity index (χ4n) is 10.0. The van der Waals surface area contributed by atoms with E-state index in [2.05, 4.69) is 14.8 Å². The van der Waals surface area contributed by atoms with Gasteiger partial charge in [0.05, 0.1) is 33.9 Å². The van der Waals surface area contributed by atoms with Crippen molar-refractivity contribution in [3.05, 3.63) is 111 Å². The number of piperidine rings is 1. The van der Waals surface area contributed by atoms with Crippen molar-refractivity contribution in [3.8, 4) is 22.6 Å². The van der Waals surface area contributed by atoms with E-state index in [4.69, 9.17) is 30.9 Å². The summed E-state index contributed by atoms with van der Waals surface area (Å²) in [6.45, 7) is 12.7. The van der Waals surface area contributed by atoms with Gasteiger partial charge in [0, 0.05) is 93.4 Å². The summed E-state index contributed by atoms with van der Waals surface area (Å²) in [5.41, 5.74) is 5.34. The van der Waals surface area contributed by atoms with Crippen molar-refractivity contribution in [1.29, 1.82) is 0 Å². The first-order valence-corrected chi connectivity index (χ1v) is 24.3. The number of aromatic nitrogens is 5. The molecule has 71 heavy (non-hydrogen) atoms. The number of benzene rings is 4. The lowest BCUT2D eigenvalue weighted by atomic mass is 9.98. The van der Waals surface area contributed by atoms with Crippen molar-refractivity contribution in [1.82, 2.24) is 38.6 Å². The predicted molar refractivity (Wildman–Crippen MR) is 269 cm³/mol. The molecule has 0 radical (unpaired) electrons. The molecule has 0 bridgehead atoms. The van der Waals surface area contributed by atoms with Gasteiger partial charge in [-0.1, -0.05) is 29.8 Å². The Kier molecular flexibility index (Phi) is 13.6. The molecule has 2 saturated heterocycles. The number of carbonyl (C=O) groups excluding carboxylic acids is 4. The van der Waals surface area contributed by atoms with Crippen molar-refractivity contribution < 1.29 is 37.8 Å². The van der Waals surface area contributed by atoms with E-state index >= 15 is 0 Å². The molecule has 0 aliphatic carbocycles. The molecular weight excluding hydrogens is 931 g/mol. The Hall–Kier alpha value is -6.98. The molecule has 1 N–H and O–H groups in total. The molecule has 1 unspecified atom stereocenters. The van der Waals surface area contributed by atoms with Crippen LogP contribution in [0.25, 0.3) is 43.8 Å². The number of imidazole rings is 1. The van der Waals surface area contributed by atoms with Crippen LogP contribution in [0.3, 0.4) is 0 Å². The molecule has 18 heteroatoms. The van der Waals surface area contributed by atoms with E-state index < -0.39 is 29.2 Å². The zero-order valence-electron chi connectivity index (χ0n) is 41.1. The molecule has 2 aliphatic rings.